The van der Waals surface area contributed by atoms with Gasteiger partial charge in [0.1, 0.15) is 0 Å². The number of aromatic carboxylic acids is 1. The molecule has 0 aliphatic carbocycles. The molecule has 0 radical (unpaired) electrons. The van der Waals surface area contributed by atoms with E-state index >= 15 is 0 Å². The second-order valence-electron chi connectivity index (χ2n) is 1.32. The zero-order valence-electron chi connectivity index (χ0n) is 4.00. The molecule has 0 aliphatic rings. The molecule has 0 amide bonds. The van der Waals surface area contributed by atoms with Crippen LogP contribution in [0.4, 0.5) is 0 Å². The summed E-state index contributed by atoms with van der Waals surface area (Å²) >= 11 is 0.299. The molecule has 1 aromatic heterocycles. The van der Waals surface area contributed by atoms with Crippen molar-refractivity contribution in [3.05, 3.63) is 21.5 Å². The number of rotatable bonds is 1. The van der Waals surface area contributed by atoms with Gasteiger partial charge in [0, 0.05) is 0 Å². The van der Waals surface area contributed by atoms with Crippen molar-refractivity contribution >= 4 is 20.5 Å². The third-order valence-electron chi connectivity index (χ3n) is 0.768. The van der Waals surface area contributed by atoms with Crippen molar-refractivity contribution in [3.63, 3.8) is 0 Å². The molecule has 0 saturated carbocycles. The van der Waals surface area contributed by atoms with Gasteiger partial charge in [0.15, 0.2) is 0 Å². The van der Waals surface area contributed by atoms with Crippen molar-refractivity contribution in [2.45, 2.75) is 0 Å². The van der Waals surface area contributed by atoms with E-state index in [0.717, 1.165) is 0 Å². The molecule has 0 bridgehead atoms. The van der Waals surface area contributed by atoms with Gasteiger partial charge in [-0.05, 0) is 0 Å². The first-order chi connectivity index (χ1) is 3.80. The van der Waals surface area contributed by atoms with Crippen molar-refractivity contribution in [2.24, 2.45) is 0 Å². The summed E-state index contributed by atoms with van der Waals surface area (Å²) in [6.45, 7) is 0. The first kappa shape index (κ1) is 5.60. The van der Waals surface area contributed by atoms with E-state index < -0.39 is 5.97 Å². The van der Waals surface area contributed by atoms with Crippen LogP contribution in [0.5, 0.6) is 0 Å². The monoisotopic (exact) mass is 176 g/mol. The number of hydrogen-bond acceptors (Lipinski definition) is 1. The second kappa shape index (κ2) is 2.16. The van der Waals surface area contributed by atoms with Crippen LogP contribution in [-0.2, 0) is 0 Å². The van der Waals surface area contributed by atoms with Gasteiger partial charge in [-0.3, -0.25) is 0 Å². The average molecular weight is 175 g/mol. The van der Waals surface area contributed by atoms with E-state index in [-0.39, 0.29) is 0 Å². The Kier molecular flexibility index (Phi) is 1.51. The second-order valence-corrected chi connectivity index (χ2v) is 2.95. The fourth-order valence-electron chi connectivity index (χ4n) is 0.386. The molecular weight excluding hydrogens is 171 g/mol. The molecule has 3 heteroatoms. The van der Waals surface area contributed by atoms with Crippen LogP contribution in [0.15, 0.2) is 15.9 Å². The Balaban J connectivity index is 2.93. The van der Waals surface area contributed by atoms with E-state index in [1.54, 1.807) is 11.0 Å². The number of carboxylic acids is 1. The fraction of sp³-hybridized carbons (Fsp3) is 0. The van der Waals surface area contributed by atoms with Crippen LogP contribution in [-0.4, -0.2) is 25.6 Å². The Morgan fingerprint density at radius 2 is 2.50 bits per heavy atom. The van der Waals surface area contributed by atoms with Crippen molar-refractivity contribution in [3.8, 4) is 0 Å². The molecule has 42 valence electrons. The summed E-state index contributed by atoms with van der Waals surface area (Å²) in [4.78, 5) is 13.7. The molecule has 1 N–H and O–H groups in total. The molecule has 0 spiro atoms. The summed E-state index contributed by atoms with van der Waals surface area (Å²) in [6, 6.07) is 1.64. The Labute approximate surface area is 52.5 Å². The van der Waals surface area contributed by atoms with Crippen molar-refractivity contribution in [2.75, 3.05) is 0 Å². The number of carbonyl (C=O) groups is 1. The van der Waals surface area contributed by atoms with Crippen LogP contribution in [0.2, 0.25) is 0 Å². The van der Waals surface area contributed by atoms with Crippen LogP contribution in [0.25, 0.3) is 0 Å². The molecule has 0 atom stereocenters. The van der Waals surface area contributed by atoms with Gasteiger partial charge >= 0.3 is 51.9 Å². The molecule has 0 aromatic carbocycles. The molecule has 1 rings (SSSR count). The predicted octanol–water partition coefficient (Wildman–Crippen LogP) is 0.442. The molecule has 0 aliphatic heterocycles. The van der Waals surface area contributed by atoms with Gasteiger partial charge in [-0.1, -0.05) is 0 Å². The maximum atomic E-state index is 10.1. The van der Waals surface area contributed by atoms with E-state index in [2.05, 4.69) is 0 Å². The molecule has 2 nitrogen and oxygen atoms in total. The first-order valence-electron chi connectivity index (χ1n) is 2.06. The summed E-state index contributed by atoms with van der Waals surface area (Å²) in [6.07, 6.45) is 0. The molecule has 1 aromatic rings. The summed E-state index contributed by atoms with van der Waals surface area (Å²) in [5, 5.41) is 8.30. The van der Waals surface area contributed by atoms with Crippen LogP contribution >= 0.6 is 0 Å². The van der Waals surface area contributed by atoms with Crippen molar-refractivity contribution in [1.82, 2.24) is 0 Å². The van der Waals surface area contributed by atoms with Gasteiger partial charge in [0.2, 0.25) is 0 Å². The van der Waals surface area contributed by atoms with Gasteiger partial charge in [0.25, 0.3) is 0 Å². The van der Waals surface area contributed by atoms with E-state index in [9.17, 15) is 4.79 Å². The predicted molar refractivity (Wildman–Crippen MR) is 30.3 cm³/mol. The van der Waals surface area contributed by atoms with Gasteiger partial charge in [-0.2, -0.15) is 0 Å². The molecule has 0 fully saturated rings. The molecule has 0 unspecified atom stereocenters. The minimum absolute atomic E-state index is 0.299. The third kappa shape index (κ3) is 0.997. The maximum absolute atomic E-state index is 10.1. The number of carboxylic acid groups (broad SMARTS) is 1. The van der Waals surface area contributed by atoms with E-state index in [1.165, 1.54) is 0 Å². The fourth-order valence-corrected chi connectivity index (χ4v) is 1.71. The molecular formula is C5H4O2Se. The summed E-state index contributed by atoms with van der Waals surface area (Å²) in [5.74, 6) is -0.819. The summed E-state index contributed by atoms with van der Waals surface area (Å²) in [7, 11) is 0. The Morgan fingerprint density at radius 1 is 1.75 bits per heavy atom. The first-order valence-corrected chi connectivity index (χ1v) is 4.04. The number of hydrogen-bond donors (Lipinski definition) is 1. The Morgan fingerprint density at radius 3 is 2.75 bits per heavy atom. The zero-order chi connectivity index (χ0) is 5.98. The van der Waals surface area contributed by atoms with Crippen molar-refractivity contribution in [1.29, 1.82) is 0 Å². The molecule has 1 heterocycles. The van der Waals surface area contributed by atoms with Crippen LogP contribution in [0.1, 0.15) is 10.4 Å². The molecule has 8 heavy (non-hydrogen) atoms. The Hall–Kier alpha value is -0.531. The molecule has 0 saturated heterocycles. The Bertz CT molecular complexity index is 178. The summed E-state index contributed by atoms with van der Waals surface area (Å²) in [5.41, 5.74) is 0.435. The topological polar surface area (TPSA) is 37.3 Å². The van der Waals surface area contributed by atoms with E-state index in [1.807, 2.05) is 4.94 Å². The standard InChI is InChI=1S/C5H4O2Se/c6-5(7)4-1-2-8-3-4/h1-3H,(H,6,7). The normalized spacial score (nSPS) is 9.00. The van der Waals surface area contributed by atoms with Gasteiger partial charge < -0.3 is 0 Å². The average Bonchev–Trinajstić information content (AvgIpc) is 2.12. The van der Waals surface area contributed by atoms with Crippen molar-refractivity contribution < 1.29 is 9.90 Å². The SMILES string of the molecule is O=C(O)c1cc[se]c1. The van der Waals surface area contributed by atoms with Gasteiger partial charge in [0.05, 0.1) is 0 Å². The third-order valence-corrected chi connectivity index (χ3v) is 2.20. The van der Waals surface area contributed by atoms with E-state index in [0.29, 0.717) is 20.1 Å². The van der Waals surface area contributed by atoms with E-state index in [4.69, 9.17) is 5.11 Å². The quantitative estimate of drug-likeness (QED) is 0.629. The van der Waals surface area contributed by atoms with Gasteiger partial charge in [-0.25, -0.2) is 0 Å². The van der Waals surface area contributed by atoms with Gasteiger partial charge in [-0.15, -0.1) is 0 Å². The summed E-state index contributed by atoms with van der Waals surface area (Å²) < 4.78 is 0. The van der Waals surface area contributed by atoms with Crippen LogP contribution in [0, 0.1) is 0 Å². The van der Waals surface area contributed by atoms with Crippen LogP contribution < -0.4 is 0 Å². The van der Waals surface area contributed by atoms with Crippen LogP contribution in [0.3, 0.4) is 0 Å². The zero-order valence-corrected chi connectivity index (χ0v) is 5.71. The minimum atomic E-state index is -0.819.